The van der Waals surface area contributed by atoms with Crippen LogP contribution in [0, 0.1) is 5.92 Å². The highest BCUT2D eigenvalue weighted by Crippen LogP contribution is 2.38. The predicted octanol–water partition coefficient (Wildman–Crippen LogP) is 3.19. The molecule has 2 fully saturated rings. The van der Waals surface area contributed by atoms with Gasteiger partial charge in [-0.3, -0.25) is 4.79 Å². The number of hydrogen-bond acceptors (Lipinski definition) is 2. The van der Waals surface area contributed by atoms with Gasteiger partial charge in [0.05, 0.1) is 4.75 Å². The lowest BCUT2D eigenvalue weighted by atomic mass is 9.89. The molecule has 1 N–H and O–H groups in total. The predicted molar refractivity (Wildman–Crippen MR) is 74.7 cm³/mol. The number of amides is 1. The SMILES string of the molecule is CC1(C(=O)NCC2CCC(Cl)CC2)CCCS1. The van der Waals surface area contributed by atoms with Crippen molar-refractivity contribution >= 4 is 29.3 Å². The van der Waals surface area contributed by atoms with Crippen molar-refractivity contribution in [3.05, 3.63) is 0 Å². The van der Waals surface area contributed by atoms with Crippen LogP contribution >= 0.6 is 23.4 Å². The standard InChI is InChI=1S/C13H22ClNOS/c1-13(7-2-8-17-13)12(16)15-9-10-3-5-11(14)6-4-10/h10-11H,2-9H2,1H3,(H,15,16). The van der Waals surface area contributed by atoms with Gasteiger partial charge < -0.3 is 5.32 Å². The first-order chi connectivity index (χ1) is 8.10. The van der Waals surface area contributed by atoms with E-state index in [1.165, 1.54) is 6.42 Å². The largest absolute Gasteiger partial charge is 0.355 e. The summed E-state index contributed by atoms with van der Waals surface area (Å²) in [4.78, 5) is 12.1. The number of carbonyl (C=O) groups is 1. The maximum absolute atomic E-state index is 12.1. The monoisotopic (exact) mass is 275 g/mol. The third-order valence-corrected chi connectivity index (χ3v) is 5.98. The summed E-state index contributed by atoms with van der Waals surface area (Å²) in [6.45, 7) is 2.92. The van der Waals surface area contributed by atoms with Crippen LogP contribution in [-0.2, 0) is 4.79 Å². The van der Waals surface area contributed by atoms with Crippen molar-refractivity contribution in [3.8, 4) is 0 Å². The summed E-state index contributed by atoms with van der Waals surface area (Å²) in [5, 5.41) is 3.51. The van der Waals surface area contributed by atoms with Crippen molar-refractivity contribution in [1.29, 1.82) is 0 Å². The summed E-state index contributed by atoms with van der Waals surface area (Å²) in [6.07, 6.45) is 6.74. The van der Waals surface area contributed by atoms with Crippen molar-refractivity contribution in [1.82, 2.24) is 5.32 Å². The Hall–Kier alpha value is 0.110. The molecule has 2 aliphatic rings. The molecule has 1 unspecified atom stereocenters. The normalized spacial score (nSPS) is 38.0. The molecule has 1 saturated carbocycles. The van der Waals surface area contributed by atoms with Crippen molar-refractivity contribution < 1.29 is 4.79 Å². The van der Waals surface area contributed by atoms with Crippen molar-refractivity contribution in [2.75, 3.05) is 12.3 Å². The second-order valence-electron chi connectivity index (χ2n) is 5.51. The van der Waals surface area contributed by atoms with Crippen LogP contribution in [0.25, 0.3) is 0 Å². The third-order valence-electron chi connectivity index (χ3n) is 4.03. The highest BCUT2D eigenvalue weighted by molar-refractivity contribution is 8.01. The zero-order chi connectivity index (χ0) is 12.3. The summed E-state index contributed by atoms with van der Waals surface area (Å²) in [5.41, 5.74) is 0. The Bertz CT molecular complexity index is 271. The molecule has 1 aliphatic carbocycles. The average Bonchev–Trinajstić information content (AvgIpc) is 2.76. The minimum atomic E-state index is -0.163. The summed E-state index contributed by atoms with van der Waals surface area (Å²) in [7, 11) is 0. The second kappa shape index (κ2) is 5.83. The number of nitrogens with one attached hydrogen (secondary N) is 1. The van der Waals surface area contributed by atoms with E-state index in [1.54, 1.807) is 11.8 Å². The van der Waals surface area contributed by atoms with Crippen LogP contribution in [0.2, 0.25) is 0 Å². The molecule has 98 valence electrons. The van der Waals surface area contributed by atoms with E-state index in [0.717, 1.165) is 44.4 Å². The van der Waals surface area contributed by atoms with Gasteiger partial charge in [0.1, 0.15) is 0 Å². The molecular weight excluding hydrogens is 254 g/mol. The van der Waals surface area contributed by atoms with Gasteiger partial charge in [0, 0.05) is 11.9 Å². The van der Waals surface area contributed by atoms with E-state index >= 15 is 0 Å². The van der Waals surface area contributed by atoms with Gasteiger partial charge in [0.25, 0.3) is 0 Å². The molecule has 1 saturated heterocycles. The Morgan fingerprint density at radius 3 is 2.71 bits per heavy atom. The number of rotatable bonds is 3. The van der Waals surface area contributed by atoms with Crippen LogP contribution in [0.4, 0.5) is 0 Å². The van der Waals surface area contributed by atoms with E-state index in [2.05, 4.69) is 12.2 Å². The lowest BCUT2D eigenvalue weighted by molar-refractivity contribution is -0.123. The fraction of sp³-hybridized carbons (Fsp3) is 0.923. The summed E-state index contributed by atoms with van der Waals surface area (Å²) in [6, 6.07) is 0. The highest BCUT2D eigenvalue weighted by Gasteiger charge is 2.37. The van der Waals surface area contributed by atoms with Gasteiger partial charge in [0.2, 0.25) is 5.91 Å². The summed E-state index contributed by atoms with van der Waals surface area (Å²) < 4.78 is -0.163. The van der Waals surface area contributed by atoms with Gasteiger partial charge in [-0.15, -0.1) is 23.4 Å². The molecule has 1 amide bonds. The Balaban J connectivity index is 1.72. The molecule has 0 radical (unpaired) electrons. The fourth-order valence-electron chi connectivity index (χ4n) is 2.71. The number of thioether (sulfide) groups is 1. The zero-order valence-electron chi connectivity index (χ0n) is 10.5. The number of hydrogen-bond donors (Lipinski definition) is 1. The Labute approximate surface area is 113 Å². The molecule has 2 rings (SSSR count). The molecule has 1 atom stereocenters. The highest BCUT2D eigenvalue weighted by atomic mass is 35.5. The van der Waals surface area contributed by atoms with Gasteiger partial charge in [-0.05, 0) is 57.1 Å². The smallest absolute Gasteiger partial charge is 0.235 e. The van der Waals surface area contributed by atoms with E-state index in [-0.39, 0.29) is 10.7 Å². The average molecular weight is 276 g/mol. The van der Waals surface area contributed by atoms with Crippen molar-refractivity contribution in [2.45, 2.75) is 55.6 Å². The Morgan fingerprint density at radius 1 is 1.41 bits per heavy atom. The molecular formula is C13H22ClNOS. The van der Waals surface area contributed by atoms with Gasteiger partial charge in [-0.2, -0.15) is 0 Å². The zero-order valence-corrected chi connectivity index (χ0v) is 12.1. The molecule has 0 aromatic carbocycles. The Morgan fingerprint density at radius 2 is 2.12 bits per heavy atom. The Kier molecular flexibility index (Phi) is 4.65. The molecule has 17 heavy (non-hydrogen) atoms. The van der Waals surface area contributed by atoms with Crippen LogP contribution in [-0.4, -0.2) is 28.3 Å². The number of carbonyl (C=O) groups excluding carboxylic acids is 1. The lowest BCUT2D eigenvalue weighted by Gasteiger charge is -2.27. The molecule has 1 aliphatic heterocycles. The van der Waals surface area contributed by atoms with Crippen LogP contribution in [0.5, 0.6) is 0 Å². The lowest BCUT2D eigenvalue weighted by Crippen LogP contribution is -2.42. The minimum Gasteiger partial charge on any atom is -0.355 e. The van der Waals surface area contributed by atoms with Gasteiger partial charge in [0.15, 0.2) is 0 Å². The number of alkyl halides is 1. The minimum absolute atomic E-state index is 0.163. The van der Waals surface area contributed by atoms with Crippen LogP contribution < -0.4 is 5.32 Å². The molecule has 1 heterocycles. The summed E-state index contributed by atoms with van der Waals surface area (Å²) >= 11 is 7.89. The summed E-state index contributed by atoms with van der Waals surface area (Å²) in [5.74, 6) is 2.01. The topological polar surface area (TPSA) is 29.1 Å². The number of halogens is 1. The van der Waals surface area contributed by atoms with E-state index < -0.39 is 0 Å². The van der Waals surface area contributed by atoms with E-state index in [4.69, 9.17) is 11.6 Å². The van der Waals surface area contributed by atoms with Gasteiger partial charge in [-0.25, -0.2) is 0 Å². The maximum Gasteiger partial charge on any atom is 0.235 e. The molecule has 0 spiro atoms. The molecule has 0 aromatic rings. The van der Waals surface area contributed by atoms with Crippen LogP contribution in [0.3, 0.4) is 0 Å². The van der Waals surface area contributed by atoms with Crippen molar-refractivity contribution in [3.63, 3.8) is 0 Å². The van der Waals surface area contributed by atoms with Crippen LogP contribution in [0.15, 0.2) is 0 Å². The molecule has 4 heteroatoms. The van der Waals surface area contributed by atoms with Crippen molar-refractivity contribution in [2.24, 2.45) is 5.92 Å². The van der Waals surface area contributed by atoms with E-state index in [0.29, 0.717) is 11.3 Å². The van der Waals surface area contributed by atoms with E-state index in [9.17, 15) is 4.79 Å². The molecule has 0 aromatic heterocycles. The van der Waals surface area contributed by atoms with Gasteiger partial charge >= 0.3 is 0 Å². The van der Waals surface area contributed by atoms with E-state index in [1.807, 2.05) is 0 Å². The quantitative estimate of drug-likeness (QED) is 0.802. The first-order valence-electron chi connectivity index (χ1n) is 6.66. The first-order valence-corrected chi connectivity index (χ1v) is 8.09. The van der Waals surface area contributed by atoms with Crippen LogP contribution in [0.1, 0.15) is 45.4 Å². The third kappa shape index (κ3) is 3.54. The van der Waals surface area contributed by atoms with Gasteiger partial charge in [-0.1, -0.05) is 0 Å². The fourth-order valence-corrected chi connectivity index (χ4v) is 4.19. The first kappa shape index (κ1) is 13.5. The molecule has 2 nitrogen and oxygen atoms in total. The molecule has 0 bridgehead atoms. The maximum atomic E-state index is 12.1. The second-order valence-corrected chi connectivity index (χ2v) is 7.73.